The lowest BCUT2D eigenvalue weighted by Crippen LogP contribution is -2.13. The van der Waals surface area contributed by atoms with Gasteiger partial charge in [-0.05, 0) is 42.0 Å². The molecule has 0 spiro atoms. The van der Waals surface area contributed by atoms with Crippen molar-refractivity contribution in [3.05, 3.63) is 98.7 Å². The lowest BCUT2D eigenvalue weighted by molar-refractivity contribution is 0.302. The van der Waals surface area contributed by atoms with Gasteiger partial charge in [-0.25, -0.2) is 4.39 Å². The summed E-state index contributed by atoms with van der Waals surface area (Å²) in [5.41, 5.74) is 3.01. The molecule has 0 saturated carbocycles. The summed E-state index contributed by atoms with van der Waals surface area (Å²) < 4.78 is 19.9. The maximum atomic E-state index is 13.0. The van der Waals surface area contributed by atoms with Gasteiger partial charge in [0, 0.05) is 33.7 Å². The molecule has 0 aromatic heterocycles. The van der Waals surface area contributed by atoms with Gasteiger partial charge in [0.05, 0.1) is 0 Å². The zero-order valence-electron chi connectivity index (χ0n) is 14.0. The van der Waals surface area contributed by atoms with E-state index in [9.17, 15) is 4.39 Å². The fourth-order valence-electron chi connectivity index (χ4n) is 2.54. The van der Waals surface area contributed by atoms with Crippen LogP contribution in [0.4, 0.5) is 4.39 Å². The van der Waals surface area contributed by atoms with Crippen LogP contribution < -0.4 is 10.1 Å². The van der Waals surface area contributed by atoms with Crippen molar-refractivity contribution in [1.82, 2.24) is 5.32 Å². The van der Waals surface area contributed by atoms with Crippen molar-refractivity contribution >= 4 is 27.5 Å². The summed E-state index contributed by atoms with van der Waals surface area (Å²) in [4.78, 5) is 0. The lowest BCUT2D eigenvalue weighted by Gasteiger charge is -2.14. The molecule has 2 nitrogen and oxygen atoms in total. The molecule has 3 aromatic rings. The smallest absolute Gasteiger partial charge is 0.124 e. The average Bonchev–Trinajstić information content (AvgIpc) is 2.64. The van der Waals surface area contributed by atoms with Gasteiger partial charge in [-0.1, -0.05) is 57.9 Å². The summed E-state index contributed by atoms with van der Waals surface area (Å²) in [7, 11) is 0. The minimum Gasteiger partial charge on any atom is -0.489 e. The molecule has 0 aliphatic carbocycles. The molecule has 0 unspecified atom stereocenters. The molecule has 0 heterocycles. The molecule has 0 radical (unpaired) electrons. The summed E-state index contributed by atoms with van der Waals surface area (Å²) >= 11 is 9.69. The highest BCUT2D eigenvalue weighted by Gasteiger charge is 2.07. The highest BCUT2D eigenvalue weighted by Crippen LogP contribution is 2.25. The number of rotatable bonds is 7. The number of halogens is 3. The van der Waals surface area contributed by atoms with E-state index >= 15 is 0 Å². The van der Waals surface area contributed by atoms with Crippen LogP contribution in [0.3, 0.4) is 0 Å². The molecule has 0 atom stereocenters. The Bertz CT molecular complexity index is 870. The first kappa shape index (κ1) is 18.9. The van der Waals surface area contributed by atoms with E-state index in [2.05, 4.69) is 21.2 Å². The Balaban J connectivity index is 1.63. The number of ether oxygens (including phenoxy) is 1. The van der Waals surface area contributed by atoms with Gasteiger partial charge in [0.25, 0.3) is 0 Å². The molecule has 26 heavy (non-hydrogen) atoms. The van der Waals surface area contributed by atoms with E-state index in [4.69, 9.17) is 16.3 Å². The number of hydrogen-bond acceptors (Lipinski definition) is 2. The second kappa shape index (κ2) is 9.17. The van der Waals surface area contributed by atoms with Crippen LogP contribution >= 0.6 is 27.5 Å². The molecular formula is C21H18BrClFNO. The zero-order valence-corrected chi connectivity index (χ0v) is 16.4. The predicted octanol–water partition coefficient (Wildman–Crippen LogP) is 6.11. The van der Waals surface area contributed by atoms with E-state index < -0.39 is 0 Å². The largest absolute Gasteiger partial charge is 0.489 e. The van der Waals surface area contributed by atoms with Gasteiger partial charge in [0.15, 0.2) is 0 Å². The minimum absolute atomic E-state index is 0.226. The van der Waals surface area contributed by atoms with Crippen LogP contribution in [0.5, 0.6) is 5.75 Å². The first-order valence-electron chi connectivity index (χ1n) is 8.21. The summed E-state index contributed by atoms with van der Waals surface area (Å²) in [6, 6.07) is 20.0. The fourth-order valence-corrected chi connectivity index (χ4v) is 3.14. The Labute approximate surface area is 166 Å². The number of hydrogen-bond donors (Lipinski definition) is 1. The van der Waals surface area contributed by atoms with Crippen molar-refractivity contribution < 1.29 is 9.13 Å². The Morgan fingerprint density at radius 2 is 1.69 bits per heavy atom. The Hall–Kier alpha value is -1.88. The van der Waals surface area contributed by atoms with Crippen LogP contribution in [0.15, 0.2) is 71.2 Å². The molecule has 0 bridgehead atoms. The SMILES string of the molecule is Fc1ccc(CNCc2cc(Br)ccc2OCc2ccccc2Cl)cc1. The third kappa shape index (κ3) is 5.31. The van der Waals surface area contributed by atoms with E-state index in [0.29, 0.717) is 24.7 Å². The lowest BCUT2D eigenvalue weighted by atomic mass is 10.1. The van der Waals surface area contributed by atoms with E-state index in [1.165, 1.54) is 12.1 Å². The van der Waals surface area contributed by atoms with Gasteiger partial charge in [-0.15, -0.1) is 0 Å². The van der Waals surface area contributed by atoms with Crippen LogP contribution in [-0.4, -0.2) is 0 Å². The van der Waals surface area contributed by atoms with Gasteiger partial charge in [0.1, 0.15) is 18.2 Å². The topological polar surface area (TPSA) is 21.3 Å². The highest BCUT2D eigenvalue weighted by molar-refractivity contribution is 9.10. The summed E-state index contributed by atoms with van der Waals surface area (Å²) in [5.74, 6) is 0.579. The molecule has 5 heteroatoms. The second-order valence-corrected chi connectivity index (χ2v) is 7.19. The predicted molar refractivity (Wildman–Crippen MR) is 107 cm³/mol. The molecule has 0 fully saturated rings. The van der Waals surface area contributed by atoms with Crippen molar-refractivity contribution in [3.63, 3.8) is 0 Å². The standard InChI is InChI=1S/C21H18BrClFNO/c22-18-7-10-21(26-14-16-3-1-2-4-20(16)23)17(11-18)13-25-12-15-5-8-19(24)9-6-15/h1-11,25H,12-14H2. The summed E-state index contributed by atoms with van der Waals surface area (Å²) in [5, 5.41) is 4.06. The van der Waals surface area contributed by atoms with Crippen LogP contribution in [0, 0.1) is 5.82 Å². The molecule has 1 N–H and O–H groups in total. The number of nitrogens with one attached hydrogen (secondary N) is 1. The van der Waals surface area contributed by atoms with Crippen molar-refractivity contribution in [1.29, 1.82) is 0 Å². The maximum absolute atomic E-state index is 13.0. The first-order valence-corrected chi connectivity index (χ1v) is 9.39. The van der Waals surface area contributed by atoms with Gasteiger partial charge in [-0.3, -0.25) is 0 Å². The second-order valence-electron chi connectivity index (χ2n) is 5.86. The molecular weight excluding hydrogens is 417 g/mol. The summed E-state index contributed by atoms with van der Waals surface area (Å²) in [6.07, 6.45) is 0. The van der Waals surface area contributed by atoms with Crippen LogP contribution in [0.2, 0.25) is 5.02 Å². The van der Waals surface area contributed by atoms with Crippen LogP contribution in [0.25, 0.3) is 0 Å². The van der Waals surface area contributed by atoms with Gasteiger partial charge in [0.2, 0.25) is 0 Å². The maximum Gasteiger partial charge on any atom is 0.124 e. The number of benzene rings is 3. The van der Waals surface area contributed by atoms with Gasteiger partial charge in [-0.2, -0.15) is 0 Å². The third-order valence-electron chi connectivity index (χ3n) is 3.92. The van der Waals surface area contributed by atoms with E-state index in [1.54, 1.807) is 12.1 Å². The van der Waals surface area contributed by atoms with Gasteiger partial charge < -0.3 is 10.1 Å². The molecule has 0 amide bonds. The van der Waals surface area contributed by atoms with E-state index in [1.807, 2.05) is 42.5 Å². The first-order chi connectivity index (χ1) is 12.6. The van der Waals surface area contributed by atoms with Gasteiger partial charge >= 0.3 is 0 Å². The van der Waals surface area contributed by atoms with Crippen molar-refractivity contribution in [3.8, 4) is 5.75 Å². The Morgan fingerprint density at radius 1 is 0.923 bits per heavy atom. The van der Waals surface area contributed by atoms with E-state index in [0.717, 1.165) is 26.9 Å². The molecule has 3 rings (SSSR count). The monoisotopic (exact) mass is 433 g/mol. The zero-order chi connectivity index (χ0) is 18.4. The minimum atomic E-state index is -0.226. The van der Waals surface area contributed by atoms with Crippen molar-refractivity contribution in [2.24, 2.45) is 0 Å². The normalized spacial score (nSPS) is 10.7. The van der Waals surface area contributed by atoms with E-state index in [-0.39, 0.29) is 5.82 Å². The molecule has 134 valence electrons. The fraction of sp³-hybridized carbons (Fsp3) is 0.143. The average molecular weight is 435 g/mol. The summed E-state index contributed by atoms with van der Waals surface area (Å²) in [6.45, 7) is 1.69. The Kier molecular flexibility index (Phi) is 6.67. The molecule has 0 saturated heterocycles. The van der Waals surface area contributed by atoms with Crippen LogP contribution in [-0.2, 0) is 19.7 Å². The van der Waals surface area contributed by atoms with Crippen LogP contribution in [0.1, 0.15) is 16.7 Å². The van der Waals surface area contributed by atoms with Crippen molar-refractivity contribution in [2.75, 3.05) is 0 Å². The van der Waals surface area contributed by atoms with Crippen molar-refractivity contribution in [2.45, 2.75) is 19.7 Å². The molecule has 0 aliphatic heterocycles. The molecule has 0 aliphatic rings. The molecule has 3 aromatic carbocycles. The third-order valence-corrected chi connectivity index (χ3v) is 4.78. The quantitative estimate of drug-likeness (QED) is 0.484. The Morgan fingerprint density at radius 3 is 2.46 bits per heavy atom. The highest BCUT2D eigenvalue weighted by atomic mass is 79.9.